The van der Waals surface area contributed by atoms with Gasteiger partial charge in [-0.3, -0.25) is 14.9 Å². The third-order valence-corrected chi connectivity index (χ3v) is 7.27. The fourth-order valence-corrected chi connectivity index (χ4v) is 5.24. The van der Waals surface area contributed by atoms with E-state index in [4.69, 9.17) is 4.42 Å². The van der Waals surface area contributed by atoms with Gasteiger partial charge in [-0.25, -0.2) is 8.42 Å². The summed E-state index contributed by atoms with van der Waals surface area (Å²) < 4.78 is 31.2. The highest BCUT2D eigenvalue weighted by molar-refractivity contribution is 7.93. The van der Waals surface area contributed by atoms with Crippen molar-refractivity contribution in [1.82, 2.24) is 5.32 Å². The number of sulfone groups is 1. The Morgan fingerprint density at radius 2 is 2.04 bits per heavy atom. The van der Waals surface area contributed by atoms with E-state index in [0.29, 0.717) is 0 Å². The molecule has 1 amide bonds. The van der Waals surface area contributed by atoms with E-state index in [1.807, 2.05) is 0 Å². The van der Waals surface area contributed by atoms with Crippen molar-refractivity contribution >= 4 is 32.8 Å². The van der Waals surface area contributed by atoms with Gasteiger partial charge in [-0.15, -0.1) is 11.3 Å². The van der Waals surface area contributed by atoms with Crippen molar-refractivity contribution in [1.29, 1.82) is 0 Å². The lowest BCUT2D eigenvalue weighted by Crippen LogP contribution is -2.31. The van der Waals surface area contributed by atoms with Gasteiger partial charge in [0.1, 0.15) is 15.2 Å². The summed E-state index contributed by atoms with van der Waals surface area (Å²) in [6.07, 6.45) is 1.36. The minimum absolute atomic E-state index is 0.0657. The van der Waals surface area contributed by atoms with Crippen LogP contribution in [0.25, 0.3) is 0 Å². The molecule has 0 saturated carbocycles. The molecule has 8 nitrogen and oxygen atoms in total. The number of thiophene rings is 1. The molecule has 0 bridgehead atoms. The maximum absolute atomic E-state index is 12.9. The summed E-state index contributed by atoms with van der Waals surface area (Å²) in [5, 5.41) is 13.9. The molecule has 0 spiro atoms. The molecule has 1 aromatic carbocycles. The Morgan fingerprint density at radius 3 is 2.67 bits per heavy atom. The van der Waals surface area contributed by atoms with E-state index >= 15 is 0 Å². The average Bonchev–Trinajstić information content (AvgIpc) is 3.36. The zero-order valence-corrected chi connectivity index (χ0v) is 15.4. The summed E-state index contributed by atoms with van der Waals surface area (Å²) in [5.74, 6) is -0.417. The summed E-state index contributed by atoms with van der Waals surface area (Å²) in [7, 11) is -3.78. The van der Waals surface area contributed by atoms with Crippen molar-refractivity contribution in [2.45, 2.75) is 9.46 Å². The highest BCUT2D eigenvalue weighted by Crippen LogP contribution is 2.31. The van der Waals surface area contributed by atoms with E-state index < -0.39 is 25.9 Å². The maximum atomic E-state index is 12.9. The Balaban J connectivity index is 1.83. The highest BCUT2D eigenvalue weighted by atomic mass is 32.2. The molecular formula is C17H14N2O6S2. The van der Waals surface area contributed by atoms with Crippen molar-refractivity contribution in [3.63, 3.8) is 0 Å². The highest BCUT2D eigenvalue weighted by Gasteiger charge is 2.32. The number of carbonyl (C=O) groups is 1. The smallest absolute Gasteiger partial charge is 0.270 e. The number of nitrogens with zero attached hydrogens (tertiary/aromatic N) is 1. The number of nitro groups is 1. The Labute approximate surface area is 158 Å². The molecule has 2 heterocycles. The van der Waals surface area contributed by atoms with Crippen LogP contribution in [0.5, 0.6) is 0 Å². The zero-order valence-electron chi connectivity index (χ0n) is 13.8. The molecule has 3 rings (SSSR count). The monoisotopic (exact) mass is 406 g/mol. The van der Waals surface area contributed by atoms with Gasteiger partial charge >= 0.3 is 0 Å². The molecule has 140 valence electrons. The van der Waals surface area contributed by atoms with Gasteiger partial charge in [-0.2, -0.15) is 0 Å². The molecule has 0 aliphatic carbocycles. The van der Waals surface area contributed by atoms with Crippen molar-refractivity contribution in [2.24, 2.45) is 0 Å². The Bertz CT molecular complexity index is 1040. The molecule has 0 fully saturated rings. The standard InChI is InChI=1S/C17H14N2O6S2/c20-17(12-4-1-5-13(10-12)19(21)22)18-11-15(14-6-2-8-25-14)27(23,24)16-7-3-9-26-16/h1-10,15H,11H2,(H,18,20)/t15-/m0/s1. The van der Waals surface area contributed by atoms with E-state index in [2.05, 4.69) is 5.32 Å². The lowest BCUT2D eigenvalue weighted by molar-refractivity contribution is -0.384. The second kappa shape index (κ2) is 7.72. The molecule has 0 aliphatic heterocycles. The van der Waals surface area contributed by atoms with Crippen LogP contribution in [-0.2, 0) is 9.84 Å². The summed E-state index contributed by atoms with van der Waals surface area (Å²) in [5.41, 5.74) is -0.160. The van der Waals surface area contributed by atoms with Crippen molar-refractivity contribution in [3.05, 3.63) is 81.6 Å². The van der Waals surface area contributed by atoms with Gasteiger partial charge in [0.05, 0.1) is 11.2 Å². The van der Waals surface area contributed by atoms with Gasteiger partial charge in [-0.1, -0.05) is 12.1 Å². The van der Waals surface area contributed by atoms with Crippen molar-refractivity contribution < 1.29 is 22.6 Å². The van der Waals surface area contributed by atoms with Gasteiger partial charge in [0.15, 0.2) is 9.84 Å². The Morgan fingerprint density at radius 1 is 1.22 bits per heavy atom. The number of non-ortho nitro benzene ring substituents is 1. The Kier molecular flexibility index (Phi) is 5.38. The van der Waals surface area contributed by atoms with Gasteiger partial charge in [-0.05, 0) is 29.6 Å². The van der Waals surface area contributed by atoms with Crippen molar-refractivity contribution in [2.75, 3.05) is 6.54 Å². The van der Waals surface area contributed by atoms with Gasteiger partial charge in [0.25, 0.3) is 11.6 Å². The average molecular weight is 406 g/mol. The molecule has 3 aromatic rings. The van der Waals surface area contributed by atoms with Crippen LogP contribution < -0.4 is 5.32 Å². The zero-order chi connectivity index (χ0) is 19.4. The summed E-state index contributed by atoms with van der Waals surface area (Å²) in [4.78, 5) is 22.6. The number of rotatable bonds is 7. The predicted molar refractivity (Wildman–Crippen MR) is 98.4 cm³/mol. The molecule has 2 aromatic heterocycles. The maximum Gasteiger partial charge on any atom is 0.270 e. The second-order valence-electron chi connectivity index (χ2n) is 5.50. The first-order valence-electron chi connectivity index (χ1n) is 7.73. The minimum atomic E-state index is -3.78. The van der Waals surface area contributed by atoms with Crippen LogP contribution in [0.15, 0.2) is 68.8 Å². The molecule has 0 saturated heterocycles. The van der Waals surface area contributed by atoms with Gasteiger partial charge < -0.3 is 9.73 Å². The van der Waals surface area contributed by atoms with Crippen LogP contribution in [0.1, 0.15) is 21.4 Å². The molecule has 0 radical (unpaired) electrons. The SMILES string of the molecule is O=C(NC[C@@H](c1ccco1)S(=O)(=O)c1cccs1)c1cccc([N+](=O)[O-])c1. The van der Waals surface area contributed by atoms with Crippen LogP contribution in [-0.4, -0.2) is 25.8 Å². The fraction of sp³-hybridized carbons (Fsp3) is 0.118. The number of nitro benzene ring substituents is 1. The third kappa shape index (κ3) is 4.07. The molecule has 0 aliphatic rings. The molecule has 0 unspecified atom stereocenters. The van der Waals surface area contributed by atoms with Crippen molar-refractivity contribution in [3.8, 4) is 0 Å². The molecule has 27 heavy (non-hydrogen) atoms. The summed E-state index contributed by atoms with van der Waals surface area (Å²) in [6.45, 7) is -0.241. The first-order valence-corrected chi connectivity index (χ1v) is 10.2. The second-order valence-corrected chi connectivity index (χ2v) is 8.80. The van der Waals surface area contributed by atoms with E-state index in [1.165, 1.54) is 36.6 Å². The number of carbonyl (C=O) groups excluding carboxylic acids is 1. The van der Waals surface area contributed by atoms with E-state index in [-0.39, 0.29) is 27.8 Å². The van der Waals surface area contributed by atoms with E-state index in [9.17, 15) is 23.3 Å². The predicted octanol–water partition coefficient (Wildman–Crippen LogP) is 3.19. The van der Waals surface area contributed by atoms with Gasteiger partial charge in [0, 0.05) is 24.2 Å². The molecular weight excluding hydrogens is 392 g/mol. The Hall–Kier alpha value is -2.98. The fourth-order valence-electron chi connectivity index (χ4n) is 2.45. The number of nitrogens with one attached hydrogen (secondary N) is 1. The lowest BCUT2D eigenvalue weighted by atomic mass is 10.2. The number of hydrogen-bond donors (Lipinski definition) is 1. The quantitative estimate of drug-likeness (QED) is 0.475. The minimum Gasteiger partial charge on any atom is -0.468 e. The summed E-state index contributed by atoms with van der Waals surface area (Å²) in [6, 6.07) is 11.4. The number of benzene rings is 1. The summed E-state index contributed by atoms with van der Waals surface area (Å²) >= 11 is 1.07. The van der Waals surface area contributed by atoms with E-state index in [0.717, 1.165) is 17.4 Å². The number of furan rings is 1. The largest absolute Gasteiger partial charge is 0.468 e. The molecule has 10 heteroatoms. The number of amides is 1. The van der Waals surface area contributed by atoms with E-state index in [1.54, 1.807) is 17.5 Å². The topological polar surface area (TPSA) is 120 Å². The molecule has 1 N–H and O–H groups in total. The van der Waals surface area contributed by atoms with Crippen LogP contribution in [0.3, 0.4) is 0 Å². The van der Waals surface area contributed by atoms with Crippen LogP contribution in [0, 0.1) is 10.1 Å². The lowest BCUT2D eigenvalue weighted by Gasteiger charge is -2.15. The molecule has 1 atom stereocenters. The van der Waals surface area contributed by atoms with Crippen LogP contribution in [0.2, 0.25) is 0 Å². The number of hydrogen-bond acceptors (Lipinski definition) is 7. The van der Waals surface area contributed by atoms with Gasteiger partial charge in [0.2, 0.25) is 0 Å². The first kappa shape index (κ1) is 18.8. The van der Waals surface area contributed by atoms with Crippen LogP contribution in [0.4, 0.5) is 5.69 Å². The van der Waals surface area contributed by atoms with Crippen LogP contribution >= 0.6 is 11.3 Å². The third-order valence-electron chi connectivity index (χ3n) is 3.78. The normalized spacial score (nSPS) is 12.4. The first-order chi connectivity index (χ1) is 12.9.